The Labute approximate surface area is 78.9 Å². The monoisotopic (exact) mass is 186 g/mol. The van der Waals surface area contributed by atoms with E-state index in [0.29, 0.717) is 7.92 Å². The molecule has 1 heterocycles. The second-order valence-electron chi connectivity index (χ2n) is 4.44. The predicted molar refractivity (Wildman–Crippen MR) is 59.4 cm³/mol. The summed E-state index contributed by atoms with van der Waals surface area (Å²) in [5.74, 6) is 0.921. The van der Waals surface area contributed by atoms with Gasteiger partial charge in [0, 0.05) is 0 Å². The molecule has 1 heteroatoms. The van der Waals surface area contributed by atoms with Crippen molar-refractivity contribution < 1.29 is 0 Å². The molecule has 0 aromatic rings. The first-order chi connectivity index (χ1) is 5.79. The summed E-state index contributed by atoms with van der Waals surface area (Å²) in [6.45, 7) is 4.68. The van der Waals surface area contributed by atoms with Crippen LogP contribution in [0.2, 0.25) is 0 Å². The van der Waals surface area contributed by atoms with E-state index >= 15 is 0 Å². The van der Waals surface area contributed by atoms with Crippen molar-refractivity contribution in [2.24, 2.45) is 5.92 Å². The molecule has 0 spiro atoms. The van der Waals surface area contributed by atoms with Crippen molar-refractivity contribution in [1.29, 1.82) is 0 Å². The van der Waals surface area contributed by atoms with E-state index in [1.54, 1.807) is 18.5 Å². The Balaban J connectivity index is 1.98. The summed E-state index contributed by atoms with van der Waals surface area (Å²) >= 11 is 0. The van der Waals surface area contributed by atoms with Crippen molar-refractivity contribution in [3.63, 3.8) is 0 Å². The molecular formula is C11H23P. The second-order valence-corrected chi connectivity index (χ2v) is 7.12. The molecule has 72 valence electrons. The largest absolute Gasteiger partial charge is 0.107 e. The zero-order valence-corrected chi connectivity index (χ0v) is 9.58. The Bertz CT molecular complexity index is 104. The Hall–Kier alpha value is 0.430. The van der Waals surface area contributed by atoms with E-state index in [0.717, 1.165) is 5.92 Å². The molecule has 0 amide bonds. The lowest BCUT2D eigenvalue weighted by Crippen LogP contribution is -2.02. The summed E-state index contributed by atoms with van der Waals surface area (Å²) in [5, 5.41) is 0. The molecule has 0 aromatic carbocycles. The third kappa shape index (κ3) is 4.45. The standard InChI is InChI=1S/C11H23P/c1-11(2)7-6-10-12-8-4-3-5-9-12/h11H,3-10H2,1-2H3. The molecule has 0 saturated carbocycles. The topological polar surface area (TPSA) is 0 Å². The Morgan fingerprint density at radius 1 is 1.08 bits per heavy atom. The minimum absolute atomic E-state index is 0.498. The lowest BCUT2D eigenvalue weighted by Gasteiger charge is -2.22. The van der Waals surface area contributed by atoms with Gasteiger partial charge in [0.1, 0.15) is 0 Å². The first kappa shape index (κ1) is 10.5. The average Bonchev–Trinajstić information content (AvgIpc) is 2.05. The molecule has 12 heavy (non-hydrogen) atoms. The van der Waals surface area contributed by atoms with Crippen LogP contribution in [-0.2, 0) is 0 Å². The Morgan fingerprint density at radius 3 is 2.33 bits per heavy atom. The van der Waals surface area contributed by atoms with Crippen LogP contribution in [0.4, 0.5) is 0 Å². The molecule has 0 unspecified atom stereocenters. The SMILES string of the molecule is CC(C)CCCP1CCCCC1. The summed E-state index contributed by atoms with van der Waals surface area (Å²) in [4.78, 5) is 0. The van der Waals surface area contributed by atoms with Gasteiger partial charge in [-0.25, -0.2) is 0 Å². The fourth-order valence-electron chi connectivity index (χ4n) is 1.91. The molecule has 0 radical (unpaired) electrons. The third-order valence-corrected chi connectivity index (χ3v) is 5.55. The number of rotatable bonds is 4. The Kier molecular flexibility index (Phi) is 5.23. The zero-order chi connectivity index (χ0) is 8.81. The summed E-state index contributed by atoms with van der Waals surface area (Å²) in [6, 6.07) is 0. The third-order valence-electron chi connectivity index (χ3n) is 2.70. The van der Waals surface area contributed by atoms with Crippen molar-refractivity contribution >= 4 is 7.92 Å². The Morgan fingerprint density at radius 2 is 1.75 bits per heavy atom. The molecule has 0 aliphatic carbocycles. The van der Waals surface area contributed by atoms with Crippen LogP contribution in [0.1, 0.15) is 46.0 Å². The van der Waals surface area contributed by atoms with Crippen LogP contribution in [0.25, 0.3) is 0 Å². The van der Waals surface area contributed by atoms with Crippen LogP contribution < -0.4 is 0 Å². The molecule has 1 aliphatic rings. The lowest BCUT2D eigenvalue weighted by molar-refractivity contribution is 0.577. The maximum absolute atomic E-state index is 2.34. The molecule has 0 atom stereocenters. The summed E-state index contributed by atoms with van der Waals surface area (Å²) in [5.41, 5.74) is 0. The van der Waals surface area contributed by atoms with Gasteiger partial charge in [-0.1, -0.05) is 26.7 Å². The van der Waals surface area contributed by atoms with E-state index in [4.69, 9.17) is 0 Å². The van der Waals surface area contributed by atoms with Crippen LogP contribution in [0, 0.1) is 5.92 Å². The van der Waals surface area contributed by atoms with Gasteiger partial charge in [0.25, 0.3) is 0 Å². The molecule has 0 nitrogen and oxygen atoms in total. The van der Waals surface area contributed by atoms with Gasteiger partial charge in [0.05, 0.1) is 0 Å². The maximum Gasteiger partial charge on any atom is -0.0326 e. The van der Waals surface area contributed by atoms with Crippen LogP contribution in [0.5, 0.6) is 0 Å². The van der Waals surface area contributed by atoms with Crippen LogP contribution in [0.3, 0.4) is 0 Å². The molecule has 1 saturated heterocycles. The van der Waals surface area contributed by atoms with Gasteiger partial charge in [-0.3, -0.25) is 0 Å². The van der Waals surface area contributed by atoms with Gasteiger partial charge in [0.15, 0.2) is 0 Å². The molecule has 1 aliphatic heterocycles. The summed E-state index contributed by atoms with van der Waals surface area (Å²) in [7, 11) is 0.498. The quantitative estimate of drug-likeness (QED) is 0.580. The van der Waals surface area contributed by atoms with Gasteiger partial charge in [-0.2, -0.15) is 0 Å². The normalized spacial score (nSPS) is 20.2. The van der Waals surface area contributed by atoms with Crippen molar-refractivity contribution in [3.8, 4) is 0 Å². The summed E-state index contributed by atoms with van der Waals surface area (Å²) in [6.07, 6.45) is 12.3. The molecule has 1 rings (SSSR count). The van der Waals surface area contributed by atoms with Gasteiger partial charge in [0.2, 0.25) is 0 Å². The van der Waals surface area contributed by atoms with Gasteiger partial charge < -0.3 is 0 Å². The molecule has 1 fully saturated rings. The number of hydrogen-bond acceptors (Lipinski definition) is 0. The van der Waals surface area contributed by atoms with Crippen LogP contribution in [0.15, 0.2) is 0 Å². The van der Waals surface area contributed by atoms with Crippen LogP contribution >= 0.6 is 7.92 Å². The maximum atomic E-state index is 2.34. The van der Waals surface area contributed by atoms with Crippen LogP contribution in [-0.4, -0.2) is 18.5 Å². The second kappa shape index (κ2) is 5.97. The van der Waals surface area contributed by atoms with E-state index in [1.807, 2.05) is 0 Å². The molecule has 0 aromatic heterocycles. The highest BCUT2D eigenvalue weighted by atomic mass is 31.1. The highest BCUT2D eigenvalue weighted by molar-refractivity contribution is 7.57. The minimum Gasteiger partial charge on any atom is -0.107 e. The number of hydrogen-bond donors (Lipinski definition) is 0. The highest BCUT2D eigenvalue weighted by Gasteiger charge is 2.11. The minimum atomic E-state index is 0.498. The van der Waals surface area contributed by atoms with Crippen molar-refractivity contribution in [2.75, 3.05) is 18.5 Å². The van der Waals surface area contributed by atoms with E-state index in [2.05, 4.69) is 13.8 Å². The van der Waals surface area contributed by atoms with E-state index < -0.39 is 0 Å². The molecule has 0 bridgehead atoms. The van der Waals surface area contributed by atoms with Gasteiger partial charge in [-0.15, -0.1) is 7.92 Å². The zero-order valence-electron chi connectivity index (χ0n) is 8.68. The van der Waals surface area contributed by atoms with Crippen molar-refractivity contribution in [3.05, 3.63) is 0 Å². The first-order valence-electron chi connectivity index (χ1n) is 5.51. The van der Waals surface area contributed by atoms with E-state index in [-0.39, 0.29) is 0 Å². The fourth-order valence-corrected chi connectivity index (χ4v) is 4.55. The smallest absolute Gasteiger partial charge is 0.0326 e. The lowest BCUT2D eigenvalue weighted by atomic mass is 10.1. The highest BCUT2D eigenvalue weighted by Crippen LogP contribution is 2.42. The predicted octanol–water partition coefficient (Wildman–Crippen LogP) is 4.09. The van der Waals surface area contributed by atoms with Gasteiger partial charge in [-0.05, 0) is 43.7 Å². The summed E-state index contributed by atoms with van der Waals surface area (Å²) < 4.78 is 0. The van der Waals surface area contributed by atoms with Crippen molar-refractivity contribution in [2.45, 2.75) is 46.0 Å². The molecular weight excluding hydrogens is 163 g/mol. The first-order valence-corrected chi connectivity index (χ1v) is 7.41. The van der Waals surface area contributed by atoms with Gasteiger partial charge >= 0.3 is 0 Å². The van der Waals surface area contributed by atoms with E-state index in [1.165, 1.54) is 32.1 Å². The van der Waals surface area contributed by atoms with E-state index in [9.17, 15) is 0 Å². The fraction of sp³-hybridized carbons (Fsp3) is 1.00. The van der Waals surface area contributed by atoms with Crippen molar-refractivity contribution in [1.82, 2.24) is 0 Å². The molecule has 0 N–H and O–H groups in total. The average molecular weight is 186 g/mol.